The molecule has 3 aromatic rings. The highest BCUT2D eigenvalue weighted by Crippen LogP contribution is 2.40. The van der Waals surface area contributed by atoms with E-state index in [1.807, 2.05) is 4.90 Å². The molecule has 0 N–H and O–H groups in total. The van der Waals surface area contributed by atoms with Crippen molar-refractivity contribution >= 4 is 11.6 Å². The van der Waals surface area contributed by atoms with E-state index in [9.17, 15) is 4.79 Å². The third kappa shape index (κ3) is 6.06. The number of amides is 1. The van der Waals surface area contributed by atoms with E-state index in [0.29, 0.717) is 6.54 Å². The fourth-order valence-electron chi connectivity index (χ4n) is 4.76. The molecule has 0 atom stereocenters. The van der Waals surface area contributed by atoms with Gasteiger partial charge in [-0.2, -0.15) is 0 Å². The Kier molecular flexibility index (Phi) is 6.75. The van der Waals surface area contributed by atoms with Crippen LogP contribution in [0.25, 0.3) is 22.3 Å². The normalized spacial score (nSPS) is 14.7. The highest BCUT2D eigenvalue weighted by Gasteiger charge is 2.32. The molecule has 1 aliphatic heterocycles. The molecule has 0 radical (unpaired) electrons. The third-order valence-corrected chi connectivity index (χ3v) is 7.72. The summed E-state index contributed by atoms with van der Waals surface area (Å²) in [5.74, 6) is 0.186. The van der Waals surface area contributed by atoms with Crippen molar-refractivity contribution in [3.63, 3.8) is 0 Å². The Balaban J connectivity index is 1.99. The van der Waals surface area contributed by atoms with Gasteiger partial charge < -0.3 is 4.90 Å². The average molecular weight is 510 g/mol. The Hall–Kier alpha value is -2.87. The predicted molar refractivity (Wildman–Crippen MR) is 164 cm³/mol. The first-order chi connectivity index (χ1) is 17.2. The molecule has 0 aromatic heterocycles. The summed E-state index contributed by atoms with van der Waals surface area (Å²) in [6.07, 6.45) is 0. The van der Waals surface area contributed by atoms with Crippen LogP contribution in [0.15, 0.2) is 54.6 Å². The van der Waals surface area contributed by atoms with Gasteiger partial charge in [-0.15, -0.1) is 0 Å². The Morgan fingerprint density at radius 1 is 0.447 bits per heavy atom. The zero-order valence-corrected chi connectivity index (χ0v) is 25.8. The molecule has 0 spiro atoms. The zero-order valence-electron chi connectivity index (χ0n) is 25.8. The highest BCUT2D eigenvalue weighted by molar-refractivity contribution is 6.12. The van der Waals surface area contributed by atoms with Gasteiger partial charge >= 0.3 is 0 Å². The fraction of sp³-hybridized carbons (Fsp3) is 0.472. The molecule has 0 saturated carbocycles. The van der Waals surface area contributed by atoms with E-state index in [0.717, 1.165) is 16.8 Å². The summed E-state index contributed by atoms with van der Waals surface area (Å²) in [7, 11) is 0. The fourth-order valence-corrected chi connectivity index (χ4v) is 4.76. The van der Waals surface area contributed by atoms with Crippen LogP contribution in [0.3, 0.4) is 0 Å². The molecule has 4 rings (SSSR count). The second kappa shape index (κ2) is 9.11. The summed E-state index contributed by atoms with van der Waals surface area (Å²) >= 11 is 0. The Morgan fingerprint density at radius 2 is 0.711 bits per heavy atom. The number of nitrogens with zero attached hydrogens (tertiary/aromatic N) is 1. The number of anilines is 1. The molecule has 2 heteroatoms. The lowest BCUT2D eigenvalue weighted by molar-refractivity contribution is -0.109. The van der Waals surface area contributed by atoms with Gasteiger partial charge in [0.25, 0.3) is 0 Å². The molecule has 1 fully saturated rings. The van der Waals surface area contributed by atoms with Gasteiger partial charge in [-0.25, -0.2) is 0 Å². The molecule has 0 aliphatic carbocycles. The minimum absolute atomic E-state index is 0.0368. The van der Waals surface area contributed by atoms with Crippen molar-refractivity contribution in [2.75, 3.05) is 11.4 Å². The summed E-state index contributed by atoms with van der Waals surface area (Å²) in [6.45, 7) is 27.8. The standard InChI is InChI=1S/C36H47NO/c1-33(2,3)27-14-25(15-28(20-27)34(4,5)6)23-13-24(19-31(18-23)37-22-32(37)38)26-16-29(35(7,8)9)21-30(17-26)36(10,11)12/h13-21H,22H2,1-12H3. The van der Waals surface area contributed by atoms with Crippen LogP contribution in [0.5, 0.6) is 0 Å². The summed E-state index contributed by atoms with van der Waals surface area (Å²) in [4.78, 5) is 14.1. The van der Waals surface area contributed by atoms with Crippen LogP contribution in [0.2, 0.25) is 0 Å². The zero-order chi connectivity index (χ0) is 28.4. The number of hydrogen-bond acceptors (Lipinski definition) is 1. The average Bonchev–Trinajstić information content (AvgIpc) is 3.52. The van der Waals surface area contributed by atoms with Crippen LogP contribution >= 0.6 is 0 Å². The van der Waals surface area contributed by atoms with Crippen LogP contribution in [-0.4, -0.2) is 12.5 Å². The molecular weight excluding hydrogens is 462 g/mol. The number of hydrogen-bond donors (Lipinski definition) is 0. The van der Waals surface area contributed by atoms with Crippen LogP contribution in [0.4, 0.5) is 5.69 Å². The maximum Gasteiger partial charge on any atom is 0.247 e. The first kappa shape index (κ1) is 28.1. The Labute approximate surface area is 231 Å². The second-order valence-corrected chi connectivity index (χ2v) is 15.3. The van der Waals surface area contributed by atoms with E-state index in [1.54, 1.807) is 0 Å². The number of benzene rings is 3. The minimum atomic E-state index is 0.0368. The van der Waals surface area contributed by atoms with Crippen molar-refractivity contribution in [3.8, 4) is 22.3 Å². The van der Waals surface area contributed by atoms with Crippen molar-refractivity contribution in [1.82, 2.24) is 0 Å². The lowest BCUT2D eigenvalue weighted by Gasteiger charge is -2.27. The minimum Gasteiger partial charge on any atom is -0.301 e. The molecule has 2 nitrogen and oxygen atoms in total. The molecule has 1 heterocycles. The largest absolute Gasteiger partial charge is 0.301 e. The third-order valence-electron chi connectivity index (χ3n) is 7.72. The van der Waals surface area contributed by atoms with Gasteiger partial charge in [0.2, 0.25) is 5.91 Å². The van der Waals surface area contributed by atoms with E-state index in [2.05, 4.69) is 138 Å². The lowest BCUT2D eigenvalue weighted by atomic mass is 9.78. The van der Waals surface area contributed by atoms with Gasteiger partial charge in [-0.1, -0.05) is 119 Å². The predicted octanol–water partition coefficient (Wildman–Crippen LogP) is 9.56. The number of rotatable bonds is 3. The van der Waals surface area contributed by atoms with Crippen molar-refractivity contribution in [2.45, 2.75) is 105 Å². The number of carbonyl (C=O) groups is 1. The van der Waals surface area contributed by atoms with Gasteiger partial charge in [0.05, 0.1) is 0 Å². The van der Waals surface area contributed by atoms with Gasteiger partial charge in [0, 0.05) is 5.69 Å². The van der Waals surface area contributed by atoms with Crippen LogP contribution in [0.1, 0.15) is 105 Å². The van der Waals surface area contributed by atoms with E-state index in [4.69, 9.17) is 0 Å². The summed E-state index contributed by atoms with van der Waals surface area (Å²) in [5, 5.41) is 0. The molecule has 1 saturated heterocycles. The molecule has 202 valence electrons. The first-order valence-corrected chi connectivity index (χ1v) is 14.0. The summed E-state index contributed by atoms with van der Waals surface area (Å²) in [5.41, 5.74) is 11.2. The molecular formula is C36H47NO. The van der Waals surface area contributed by atoms with Gasteiger partial charge in [-0.05, 0) is 84.4 Å². The van der Waals surface area contributed by atoms with E-state index < -0.39 is 0 Å². The van der Waals surface area contributed by atoms with E-state index >= 15 is 0 Å². The van der Waals surface area contributed by atoms with E-state index in [-0.39, 0.29) is 27.6 Å². The van der Waals surface area contributed by atoms with Gasteiger partial charge in [0.15, 0.2) is 0 Å². The summed E-state index contributed by atoms with van der Waals surface area (Å²) in [6, 6.07) is 20.8. The molecule has 38 heavy (non-hydrogen) atoms. The molecule has 0 unspecified atom stereocenters. The quantitative estimate of drug-likeness (QED) is 0.322. The van der Waals surface area contributed by atoms with Crippen LogP contribution in [-0.2, 0) is 26.5 Å². The van der Waals surface area contributed by atoms with Crippen molar-refractivity contribution in [1.29, 1.82) is 0 Å². The molecule has 3 aromatic carbocycles. The lowest BCUT2D eigenvalue weighted by Crippen LogP contribution is -2.16. The van der Waals surface area contributed by atoms with Gasteiger partial charge in [0.1, 0.15) is 6.54 Å². The Bertz CT molecular complexity index is 1220. The van der Waals surface area contributed by atoms with Gasteiger partial charge in [-0.3, -0.25) is 4.79 Å². The first-order valence-electron chi connectivity index (χ1n) is 14.0. The van der Waals surface area contributed by atoms with Crippen molar-refractivity contribution in [3.05, 3.63) is 76.9 Å². The van der Waals surface area contributed by atoms with Crippen LogP contribution < -0.4 is 4.90 Å². The number of carbonyl (C=O) groups excluding carboxylic acids is 1. The topological polar surface area (TPSA) is 20.1 Å². The molecule has 1 amide bonds. The maximum atomic E-state index is 12.3. The SMILES string of the molecule is CC(C)(C)c1cc(-c2cc(-c3cc(C(C)(C)C)cc(C(C)(C)C)c3)cc(N3CC3=O)c2)cc(C(C)(C)C)c1. The molecule has 0 bridgehead atoms. The molecule has 1 aliphatic rings. The van der Waals surface area contributed by atoms with Crippen LogP contribution in [0, 0.1) is 0 Å². The Morgan fingerprint density at radius 3 is 0.947 bits per heavy atom. The second-order valence-electron chi connectivity index (χ2n) is 15.3. The van der Waals surface area contributed by atoms with E-state index in [1.165, 1.54) is 33.4 Å². The van der Waals surface area contributed by atoms with Crippen molar-refractivity contribution in [2.24, 2.45) is 0 Å². The summed E-state index contributed by atoms with van der Waals surface area (Å²) < 4.78 is 0. The van der Waals surface area contributed by atoms with Crippen molar-refractivity contribution < 1.29 is 4.79 Å². The maximum absolute atomic E-state index is 12.3. The smallest absolute Gasteiger partial charge is 0.247 e. The monoisotopic (exact) mass is 509 g/mol. The highest BCUT2D eigenvalue weighted by atomic mass is 16.2.